The van der Waals surface area contributed by atoms with Crippen molar-refractivity contribution < 1.29 is 15.3 Å². The summed E-state index contributed by atoms with van der Waals surface area (Å²) in [5, 5.41) is 28.9. The minimum absolute atomic E-state index is 0.171. The molecule has 9 aliphatic carbocycles. The van der Waals surface area contributed by atoms with Crippen LogP contribution in [0.3, 0.4) is 0 Å². The van der Waals surface area contributed by atoms with Crippen molar-refractivity contribution in [2.45, 2.75) is 99.9 Å². The molecule has 3 fully saturated rings. The zero-order valence-corrected chi connectivity index (χ0v) is 22.4. The van der Waals surface area contributed by atoms with E-state index in [-0.39, 0.29) is 18.3 Å². The molecular weight excluding hydrogens is 408 g/mol. The Bertz CT molecular complexity index is 759. The lowest BCUT2D eigenvalue weighted by atomic mass is 9.48. The quantitative estimate of drug-likeness (QED) is 0.397. The molecule has 9 rings (SSSR count). The molecule has 0 heterocycles. The molecule has 9 aliphatic rings. The molecule has 0 spiro atoms. The molecule has 0 radical (unpaired) electrons. The third-order valence-corrected chi connectivity index (χ3v) is 11.2. The van der Waals surface area contributed by atoms with Crippen molar-refractivity contribution in [1.29, 1.82) is 0 Å². The summed E-state index contributed by atoms with van der Waals surface area (Å²) in [6.07, 6.45) is 9.20. The summed E-state index contributed by atoms with van der Waals surface area (Å²) in [7, 11) is 0. The number of aliphatic hydroxyl groups excluding tert-OH is 3. The van der Waals surface area contributed by atoms with Crippen molar-refractivity contribution in [2.75, 3.05) is 0 Å². The van der Waals surface area contributed by atoms with E-state index in [0.717, 1.165) is 17.8 Å². The topological polar surface area (TPSA) is 60.7 Å². The van der Waals surface area contributed by atoms with Crippen molar-refractivity contribution in [1.82, 2.24) is 0 Å². The van der Waals surface area contributed by atoms with Gasteiger partial charge in [-0.3, -0.25) is 0 Å². The van der Waals surface area contributed by atoms with Gasteiger partial charge in [-0.2, -0.15) is 0 Å². The standard InChI is InChI=1S/3C10H16O/c3*1-6-4-9(11)8-5-7(6)10(8,2)3/h3*4,7-9,11H,5H2,1-3H3/t3*7-,8+,9-/m000/s1. The Morgan fingerprint density at radius 2 is 0.727 bits per heavy atom. The van der Waals surface area contributed by atoms with Crippen molar-refractivity contribution in [3.8, 4) is 0 Å². The van der Waals surface area contributed by atoms with Gasteiger partial charge in [0.15, 0.2) is 0 Å². The van der Waals surface area contributed by atoms with Gasteiger partial charge in [-0.25, -0.2) is 0 Å². The van der Waals surface area contributed by atoms with Crippen LogP contribution in [0.1, 0.15) is 81.6 Å². The van der Waals surface area contributed by atoms with Gasteiger partial charge in [0.25, 0.3) is 0 Å². The highest BCUT2D eigenvalue weighted by Crippen LogP contribution is 2.60. The SMILES string of the molecule is CC1=C[C@H](O)[C@H]2C[C@@H]1C2(C)C.CC1=C[C@H](O)[C@H]2C[C@@H]1C2(C)C.CC1=C[C@H](O)[C@H]2C[C@@H]1C2(C)C. The van der Waals surface area contributed by atoms with Crippen LogP contribution in [-0.4, -0.2) is 33.6 Å². The third-order valence-electron chi connectivity index (χ3n) is 11.2. The molecule has 0 aromatic carbocycles. The zero-order chi connectivity index (χ0) is 24.7. The van der Waals surface area contributed by atoms with E-state index in [1.54, 1.807) is 0 Å². The van der Waals surface area contributed by atoms with E-state index in [2.05, 4.69) is 62.3 Å². The third kappa shape index (κ3) is 3.81. The van der Waals surface area contributed by atoms with Crippen LogP contribution in [0.4, 0.5) is 0 Å². The van der Waals surface area contributed by atoms with Crippen molar-refractivity contribution in [3.05, 3.63) is 34.9 Å². The van der Waals surface area contributed by atoms with Crippen molar-refractivity contribution >= 4 is 0 Å². The molecular formula is C30H48O3. The summed E-state index contributed by atoms with van der Waals surface area (Å²) in [5.74, 6) is 3.81. The molecule has 0 aromatic rings. The first kappa shape index (κ1) is 25.2. The first-order valence-corrected chi connectivity index (χ1v) is 13.2. The summed E-state index contributed by atoms with van der Waals surface area (Å²) < 4.78 is 0. The fourth-order valence-corrected chi connectivity index (χ4v) is 8.44. The Kier molecular flexibility index (Phi) is 6.16. The maximum Gasteiger partial charge on any atom is 0.0757 e. The minimum Gasteiger partial charge on any atom is -0.389 e. The van der Waals surface area contributed by atoms with Gasteiger partial charge in [0.1, 0.15) is 0 Å². The van der Waals surface area contributed by atoms with Crippen molar-refractivity contribution in [2.24, 2.45) is 51.8 Å². The number of aliphatic hydroxyl groups is 3. The van der Waals surface area contributed by atoms with Gasteiger partial charge >= 0.3 is 0 Å². The Balaban J connectivity index is 0.000000118. The number of hydrogen-bond acceptors (Lipinski definition) is 3. The van der Waals surface area contributed by atoms with E-state index in [1.165, 1.54) is 36.0 Å². The second-order valence-corrected chi connectivity index (χ2v) is 13.9. The smallest absolute Gasteiger partial charge is 0.0757 e. The van der Waals surface area contributed by atoms with Crippen LogP contribution < -0.4 is 0 Å². The van der Waals surface area contributed by atoms with Gasteiger partial charge < -0.3 is 15.3 Å². The summed E-state index contributed by atoms with van der Waals surface area (Å²) in [6, 6.07) is 0. The van der Waals surface area contributed by atoms with E-state index >= 15 is 0 Å². The molecule has 0 amide bonds. The number of fused-ring (bicyclic) bond motifs is 3. The maximum atomic E-state index is 9.65. The van der Waals surface area contributed by atoms with Gasteiger partial charge in [-0.1, -0.05) is 76.5 Å². The first-order valence-electron chi connectivity index (χ1n) is 13.2. The monoisotopic (exact) mass is 456 g/mol. The average Bonchev–Trinajstić information content (AvgIpc) is 2.65. The van der Waals surface area contributed by atoms with E-state index in [1.807, 2.05) is 18.2 Å². The van der Waals surface area contributed by atoms with Crippen LogP contribution in [0.5, 0.6) is 0 Å². The summed E-state index contributed by atoms with van der Waals surface area (Å²) in [5.41, 5.74) is 5.26. The largest absolute Gasteiger partial charge is 0.389 e. The second kappa shape index (κ2) is 8.07. The van der Waals surface area contributed by atoms with Gasteiger partial charge in [0, 0.05) is 0 Å². The van der Waals surface area contributed by atoms with Gasteiger partial charge in [-0.05, 0) is 91.8 Å². The summed E-state index contributed by atoms with van der Waals surface area (Å²) in [4.78, 5) is 0. The van der Waals surface area contributed by atoms with Crippen LogP contribution in [0.15, 0.2) is 34.9 Å². The maximum absolute atomic E-state index is 9.65. The fourth-order valence-electron chi connectivity index (χ4n) is 8.44. The number of rotatable bonds is 0. The lowest BCUT2D eigenvalue weighted by molar-refractivity contribution is -0.0762. The second-order valence-electron chi connectivity index (χ2n) is 13.9. The Labute approximate surface area is 202 Å². The van der Waals surface area contributed by atoms with Crippen LogP contribution in [0.2, 0.25) is 0 Å². The molecule has 3 N–H and O–H groups in total. The molecule has 3 saturated carbocycles. The van der Waals surface area contributed by atoms with E-state index < -0.39 is 0 Å². The molecule has 186 valence electrons. The lowest BCUT2D eigenvalue weighted by Gasteiger charge is -2.57. The van der Waals surface area contributed by atoms with Gasteiger partial charge in [0.2, 0.25) is 0 Å². The molecule has 0 unspecified atom stereocenters. The summed E-state index contributed by atoms with van der Waals surface area (Å²) >= 11 is 0. The Morgan fingerprint density at radius 1 is 0.515 bits per heavy atom. The predicted octanol–water partition coefficient (Wildman–Crippen LogP) is 5.91. The van der Waals surface area contributed by atoms with Crippen molar-refractivity contribution in [3.63, 3.8) is 0 Å². The lowest BCUT2D eigenvalue weighted by Crippen LogP contribution is -2.53. The van der Waals surface area contributed by atoms with Crippen LogP contribution in [0.25, 0.3) is 0 Å². The van der Waals surface area contributed by atoms with Gasteiger partial charge in [0.05, 0.1) is 18.3 Å². The fraction of sp³-hybridized carbons (Fsp3) is 0.800. The van der Waals surface area contributed by atoms with E-state index in [0.29, 0.717) is 34.0 Å². The molecule has 6 bridgehead atoms. The molecule has 0 aliphatic heterocycles. The zero-order valence-electron chi connectivity index (χ0n) is 22.4. The normalized spacial score (nSPS) is 46.2. The van der Waals surface area contributed by atoms with Crippen LogP contribution in [-0.2, 0) is 0 Å². The van der Waals surface area contributed by atoms with E-state index in [9.17, 15) is 15.3 Å². The minimum atomic E-state index is -0.171. The molecule has 33 heavy (non-hydrogen) atoms. The van der Waals surface area contributed by atoms with E-state index in [4.69, 9.17) is 0 Å². The number of hydrogen-bond donors (Lipinski definition) is 3. The Hall–Kier alpha value is -0.900. The highest BCUT2D eigenvalue weighted by Gasteiger charge is 2.55. The van der Waals surface area contributed by atoms with Crippen LogP contribution in [0, 0.1) is 51.8 Å². The molecule has 0 saturated heterocycles. The molecule has 3 heteroatoms. The highest BCUT2D eigenvalue weighted by molar-refractivity contribution is 5.26. The highest BCUT2D eigenvalue weighted by atomic mass is 16.3. The first-order chi connectivity index (χ1) is 15.1. The predicted molar refractivity (Wildman–Crippen MR) is 135 cm³/mol. The average molecular weight is 457 g/mol. The molecule has 9 atom stereocenters. The van der Waals surface area contributed by atoms with Crippen LogP contribution >= 0.6 is 0 Å². The summed E-state index contributed by atoms with van der Waals surface area (Å²) in [6.45, 7) is 20.0. The van der Waals surface area contributed by atoms with Gasteiger partial charge in [-0.15, -0.1) is 0 Å². The molecule has 3 nitrogen and oxygen atoms in total. The molecule has 0 aromatic heterocycles. The number of allylic oxidation sites excluding steroid dienone is 3. The Morgan fingerprint density at radius 3 is 0.848 bits per heavy atom.